The fourth-order valence-electron chi connectivity index (χ4n) is 1.36. The molecule has 1 N–H and O–H groups in total. The molecule has 6 heteroatoms. The predicted octanol–water partition coefficient (Wildman–Crippen LogP) is 4.02. The average Bonchev–Trinajstić information content (AvgIpc) is 2.67. The van der Waals surface area contributed by atoms with E-state index >= 15 is 0 Å². The Morgan fingerprint density at radius 2 is 2.35 bits per heavy atom. The first-order chi connectivity index (χ1) is 8.19. The number of amides is 1. The summed E-state index contributed by atoms with van der Waals surface area (Å²) in [5, 5.41) is 3.42. The molecule has 1 aromatic heterocycles. The van der Waals surface area contributed by atoms with Gasteiger partial charge in [0, 0.05) is 16.8 Å². The zero-order valence-electron chi connectivity index (χ0n) is 8.87. The summed E-state index contributed by atoms with van der Waals surface area (Å²) in [5.41, 5.74) is 0.894. The fraction of sp³-hybridized carbons (Fsp3) is 0.273. The van der Waals surface area contributed by atoms with Gasteiger partial charge in [-0.25, -0.2) is 4.98 Å². The number of hydrogen-bond donors (Lipinski definition) is 1. The zero-order valence-corrected chi connectivity index (χ0v) is 12.0. The number of benzene rings is 1. The Bertz CT molecular complexity index is 543. The van der Waals surface area contributed by atoms with Crippen LogP contribution in [0, 0.1) is 0 Å². The van der Waals surface area contributed by atoms with Gasteiger partial charge >= 0.3 is 0 Å². The first kappa shape index (κ1) is 12.8. The number of alkyl halides is 1. The molecule has 0 bridgehead atoms. The molecule has 0 fully saturated rings. The van der Waals surface area contributed by atoms with E-state index in [1.54, 1.807) is 0 Å². The number of thiazole rings is 1. The summed E-state index contributed by atoms with van der Waals surface area (Å²) >= 11 is 10.4. The zero-order chi connectivity index (χ0) is 12.3. The molecule has 2 aromatic rings. The van der Waals surface area contributed by atoms with Gasteiger partial charge < -0.3 is 5.32 Å². The monoisotopic (exact) mass is 332 g/mol. The van der Waals surface area contributed by atoms with Crippen LogP contribution in [0.15, 0.2) is 22.7 Å². The Kier molecular flexibility index (Phi) is 4.36. The van der Waals surface area contributed by atoms with Gasteiger partial charge in [-0.3, -0.25) is 4.79 Å². The SMILES string of the molecule is O=C(CCCCl)Nc1nc2ccc(Br)cc2s1. The van der Waals surface area contributed by atoms with E-state index in [2.05, 4.69) is 26.2 Å². The van der Waals surface area contributed by atoms with Crippen molar-refractivity contribution in [3.63, 3.8) is 0 Å². The molecule has 0 spiro atoms. The second-order valence-electron chi connectivity index (χ2n) is 3.47. The number of halogens is 2. The number of nitrogens with zero attached hydrogens (tertiary/aromatic N) is 1. The summed E-state index contributed by atoms with van der Waals surface area (Å²) in [6.07, 6.45) is 1.12. The van der Waals surface area contributed by atoms with E-state index in [0.29, 0.717) is 23.9 Å². The Hall–Kier alpha value is -0.650. The topological polar surface area (TPSA) is 42.0 Å². The van der Waals surface area contributed by atoms with E-state index in [0.717, 1.165) is 14.7 Å². The van der Waals surface area contributed by atoms with E-state index in [-0.39, 0.29) is 5.91 Å². The summed E-state index contributed by atoms with van der Waals surface area (Å²) in [6.45, 7) is 0. The standard InChI is InChI=1S/C11H10BrClN2OS/c12-7-3-4-8-9(6-7)17-11(14-8)15-10(16)2-1-5-13/h3-4,6H,1-2,5H2,(H,14,15,16). The number of nitrogens with one attached hydrogen (secondary N) is 1. The Morgan fingerprint density at radius 3 is 3.12 bits per heavy atom. The van der Waals surface area contributed by atoms with Crippen LogP contribution in [-0.2, 0) is 4.79 Å². The van der Waals surface area contributed by atoms with Gasteiger partial charge in [-0.1, -0.05) is 27.3 Å². The molecule has 0 aliphatic heterocycles. The molecule has 2 rings (SSSR count). The quantitative estimate of drug-likeness (QED) is 0.859. The molecule has 17 heavy (non-hydrogen) atoms. The molecule has 0 saturated heterocycles. The minimum atomic E-state index is -0.0382. The largest absolute Gasteiger partial charge is 0.302 e. The fourth-order valence-corrected chi connectivity index (χ4v) is 2.93. The van der Waals surface area contributed by atoms with E-state index in [1.807, 2.05) is 18.2 Å². The van der Waals surface area contributed by atoms with Crippen molar-refractivity contribution >= 4 is 60.1 Å². The maximum absolute atomic E-state index is 11.5. The average molecular weight is 334 g/mol. The number of fused-ring (bicyclic) bond motifs is 1. The highest BCUT2D eigenvalue weighted by atomic mass is 79.9. The minimum Gasteiger partial charge on any atom is -0.302 e. The number of carbonyl (C=O) groups excluding carboxylic acids is 1. The van der Waals surface area contributed by atoms with Crippen molar-refractivity contribution in [3.05, 3.63) is 22.7 Å². The summed E-state index contributed by atoms with van der Waals surface area (Å²) < 4.78 is 2.06. The van der Waals surface area contributed by atoms with Crippen LogP contribution in [0.25, 0.3) is 10.2 Å². The van der Waals surface area contributed by atoms with Crippen molar-refractivity contribution < 1.29 is 4.79 Å². The number of rotatable bonds is 4. The van der Waals surface area contributed by atoms with Gasteiger partial charge in [0.1, 0.15) is 0 Å². The van der Waals surface area contributed by atoms with E-state index < -0.39 is 0 Å². The lowest BCUT2D eigenvalue weighted by atomic mass is 10.3. The second kappa shape index (κ2) is 5.80. The molecule has 90 valence electrons. The van der Waals surface area contributed by atoms with Crippen molar-refractivity contribution in [2.24, 2.45) is 0 Å². The predicted molar refractivity (Wildman–Crippen MR) is 75.9 cm³/mol. The van der Waals surface area contributed by atoms with Crippen molar-refractivity contribution in [3.8, 4) is 0 Å². The number of hydrogen-bond acceptors (Lipinski definition) is 3. The van der Waals surface area contributed by atoms with Crippen LogP contribution in [-0.4, -0.2) is 16.8 Å². The van der Waals surface area contributed by atoms with E-state index in [1.165, 1.54) is 11.3 Å². The van der Waals surface area contributed by atoms with Gasteiger partial charge in [0.05, 0.1) is 10.2 Å². The summed E-state index contributed by atoms with van der Waals surface area (Å²) in [4.78, 5) is 15.8. The van der Waals surface area contributed by atoms with E-state index in [9.17, 15) is 4.79 Å². The molecule has 1 aromatic carbocycles. The molecular weight excluding hydrogens is 324 g/mol. The lowest BCUT2D eigenvalue weighted by Crippen LogP contribution is -2.10. The van der Waals surface area contributed by atoms with Crippen LogP contribution in [0.5, 0.6) is 0 Å². The molecule has 0 aliphatic rings. The third-order valence-corrected chi connectivity index (χ3v) is 3.83. The second-order valence-corrected chi connectivity index (χ2v) is 5.80. The van der Waals surface area contributed by atoms with Crippen molar-refractivity contribution in [1.29, 1.82) is 0 Å². The number of carbonyl (C=O) groups is 1. The third kappa shape index (κ3) is 3.40. The molecule has 0 atom stereocenters. The molecule has 1 heterocycles. The van der Waals surface area contributed by atoms with Gasteiger partial charge in [-0.2, -0.15) is 0 Å². The maximum Gasteiger partial charge on any atom is 0.226 e. The Labute approximate surface area is 116 Å². The highest BCUT2D eigenvalue weighted by Gasteiger charge is 2.07. The minimum absolute atomic E-state index is 0.0382. The van der Waals surface area contributed by atoms with Crippen LogP contribution in [0.1, 0.15) is 12.8 Å². The molecule has 0 saturated carbocycles. The van der Waals surface area contributed by atoms with Crippen LogP contribution in [0.4, 0.5) is 5.13 Å². The van der Waals surface area contributed by atoms with Crippen LogP contribution in [0.2, 0.25) is 0 Å². The van der Waals surface area contributed by atoms with Gasteiger partial charge in [0.2, 0.25) is 5.91 Å². The third-order valence-electron chi connectivity index (χ3n) is 2.13. The van der Waals surface area contributed by atoms with Gasteiger partial charge in [0.25, 0.3) is 0 Å². The van der Waals surface area contributed by atoms with Crippen molar-refractivity contribution in [2.75, 3.05) is 11.2 Å². The normalized spacial score (nSPS) is 10.7. The van der Waals surface area contributed by atoms with Crippen LogP contribution >= 0.6 is 38.9 Å². The van der Waals surface area contributed by atoms with Gasteiger partial charge in [0.15, 0.2) is 5.13 Å². The lowest BCUT2D eigenvalue weighted by Gasteiger charge is -1.98. The van der Waals surface area contributed by atoms with Gasteiger partial charge in [-0.05, 0) is 24.6 Å². The smallest absolute Gasteiger partial charge is 0.226 e. The van der Waals surface area contributed by atoms with Crippen molar-refractivity contribution in [1.82, 2.24) is 4.98 Å². The highest BCUT2D eigenvalue weighted by Crippen LogP contribution is 2.28. The maximum atomic E-state index is 11.5. The van der Waals surface area contributed by atoms with Gasteiger partial charge in [-0.15, -0.1) is 11.6 Å². The first-order valence-electron chi connectivity index (χ1n) is 5.11. The molecule has 0 radical (unpaired) electrons. The van der Waals surface area contributed by atoms with Crippen LogP contribution < -0.4 is 5.32 Å². The highest BCUT2D eigenvalue weighted by molar-refractivity contribution is 9.10. The lowest BCUT2D eigenvalue weighted by molar-refractivity contribution is -0.116. The van der Waals surface area contributed by atoms with E-state index in [4.69, 9.17) is 11.6 Å². The molecule has 3 nitrogen and oxygen atoms in total. The number of anilines is 1. The van der Waals surface area contributed by atoms with Crippen molar-refractivity contribution in [2.45, 2.75) is 12.8 Å². The summed E-state index contributed by atoms with van der Waals surface area (Å²) in [6, 6.07) is 5.84. The molecule has 0 aliphatic carbocycles. The molecule has 0 unspecified atom stereocenters. The Balaban J connectivity index is 2.11. The first-order valence-corrected chi connectivity index (χ1v) is 7.25. The number of aromatic nitrogens is 1. The molecular formula is C11H10BrClN2OS. The summed E-state index contributed by atoms with van der Waals surface area (Å²) in [7, 11) is 0. The summed E-state index contributed by atoms with van der Waals surface area (Å²) in [5.74, 6) is 0.462. The van der Waals surface area contributed by atoms with Crippen LogP contribution in [0.3, 0.4) is 0 Å². The Morgan fingerprint density at radius 1 is 1.53 bits per heavy atom. The molecule has 1 amide bonds.